The zero-order valence-corrected chi connectivity index (χ0v) is 24.1. The lowest BCUT2D eigenvalue weighted by Gasteiger charge is -2.18. The summed E-state index contributed by atoms with van der Waals surface area (Å²) < 4.78 is 2.52. The minimum absolute atomic E-state index is 1.03. The molecule has 0 fully saturated rings. The van der Waals surface area contributed by atoms with Crippen molar-refractivity contribution in [3.05, 3.63) is 152 Å². The molecule has 9 rings (SSSR count). The summed E-state index contributed by atoms with van der Waals surface area (Å²) in [4.78, 5) is 5.13. The van der Waals surface area contributed by atoms with Crippen molar-refractivity contribution in [2.75, 3.05) is 0 Å². The lowest BCUT2D eigenvalue weighted by molar-refractivity contribution is 1.52. The summed E-state index contributed by atoms with van der Waals surface area (Å²) in [5.41, 5.74) is 9.65. The Balaban J connectivity index is 1.30. The predicted octanol–water partition coefficient (Wildman–Crippen LogP) is 11.9. The van der Waals surface area contributed by atoms with Crippen LogP contribution in [0.3, 0.4) is 0 Å². The van der Waals surface area contributed by atoms with Crippen LogP contribution in [0.5, 0.6) is 0 Å². The fourth-order valence-electron chi connectivity index (χ4n) is 6.78. The van der Waals surface area contributed by atoms with Crippen molar-refractivity contribution >= 4 is 64.1 Å². The van der Waals surface area contributed by atoms with Crippen molar-refractivity contribution in [1.82, 2.24) is 4.98 Å². The molecule has 0 bridgehead atoms. The first-order valence-corrected chi connectivity index (χ1v) is 15.5. The number of nitrogens with zero attached hydrogens (tertiary/aromatic N) is 1. The van der Waals surface area contributed by atoms with E-state index in [-0.39, 0.29) is 0 Å². The molecule has 0 spiro atoms. The minimum Gasteiger partial charge on any atom is -0.246 e. The molecule has 0 unspecified atom stereocenters. The lowest BCUT2D eigenvalue weighted by Crippen LogP contribution is -1.91. The first-order valence-electron chi connectivity index (χ1n) is 14.6. The molecule has 0 atom stereocenters. The van der Waals surface area contributed by atoms with E-state index in [1.807, 2.05) is 11.3 Å². The van der Waals surface area contributed by atoms with E-state index in [0.29, 0.717) is 0 Å². The Bertz CT molecular complexity index is 2430. The molecule has 7 aromatic carbocycles. The Morgan fingerprint density at radius 2 is 0.791 bits per heavy atom. The zero-order valence-electron chi connectivity index (χ0n) is 23.3. The molecule has 2 heterocycles. The first kappa shape index (κ1) is 24.3. The summed E-state index contributed by atoms with van der Waals surface area (Å²) in [5, 5.41) is 7.51. The summed E-state index contributed by atoms with van der Waals surface area (Å²) >= 11 is 1.84. The molecular weight excluding hydrogens is 539 g/mol. The average molecular weight is 564 g/mol. The quantitative estimate of drug-likeness (QED) is 0.195. The molecule has 0 saturated heterocycles. The number of hydrogen-bond donors (Lipinski definition) is 0. The SMILES string of the molecule is c1ccc(-c2c3ccccc3c(-c3ccc(-c4c5ccccc5nc5c4sc4ccccc45)cc3)c3ccccc23)cc1. The van der Waals surface area contributed by atoms with E-state index < -0.39 is 0 Å². The Morgan fingerprint density at radius 1 is 0.349 bits per heavy atom. The van der Waals surface area contributed by atoms with E-state index in [0.717, 1.165) is 11.0 Å². The summed E-state index contributed by atoms with van der Waals surface area (Å²) in [6.07, 6.45) is 0. The van der Waals surface area contributed by atoms with E-state index in [1.165, 1.54) is 75.1 Å². The molecule has 200 valence electrons. The normalized spacial score (nSPS) is 11.7. The molecule has 0 N–H and O–H groups in total. The van der Waals surface area contributed by atoms with Gasteiger partial charge in [0.15, 0.2) is 0 Å². The summed E-state index contributed by atoms with van der Waals surface area (Å²) in [6, 6.07) is 54.8. The second kappa shape index (κ2) is 9.62. The Labute approximate surface area is 253 Å². The summed E-state index contributed by atoms with van der Waals surface area (Å²) in [5.74, 6) is 0. The van der Waals surface area contributed by atoms with Gasteiger partial charge in [0.2, 0.25) is 0 Å². The number of benzene rings is 7. The van der Waals surface area contributed by atoms with E-state index in [4.69, 9.17) is 4.98 Å². The van der Waals surface area contributed by atoms with Crippen LogP contribution in [0, 0.1) is 0 Å². The molecule has 43 heavy (non-hydrogen) atoms. The molecule has 0 aliphatic carbocycles. The average Bonchev–Trinajstić information content (AvgIpc) is 3.44. The third-order valence-electron chi connectivity index (χ3n) is 8.66. The highest BCUT2D eigenvalue weighted by Gasteiger charge is 2.18. The summed E-state index contributed by atoms with van der Waals surface area (Å²) in [7, 11) is 0. The van der Waals surface area contributed by atoms with Crippen molar-refractivity contribution in [3.63, 3.8) is 0 Å². The van der Waals surface area contributed by atoms with Crippen LogP contribution in [-0.2, 0) is 0 Å². The fourth-order valence-corrected chi connectivity index (χ4v) is 8.01. The van der Waals surface area contributed by atoms with Gasteiger partial charge in [0, 0.05) is 21.0 Å². The molecule has 0 amide bonds. The maximum atomic E-state index is 5.13. The van der Waals surface area contributed by atoms with Gasteiger partial charge in [-0.05, 0) is 61.5 Å². The number of rotatable bonds is 3. The van der Waals surface area contributed by atoms with Gasteiger partial charge in [-0.2, -0.15) is 0 Å². The van der Waals surface area contributed by atoms with Crippen LogP contribution >= 0.6 is 11.3 Å². The number of hydrogen-bond acceptors (Lipinski definition) is 2. The largest absolute Gasteiger partial charge is 0.246 e. The Hall–Kier alpha value is -5.31. The molecule has 0 aliphatic heterocycles. The topological polar surface area (TPSA) is 12.9 Å². The molecule has 0 saturated carbocycles. The van der Waals surface area contributed by atoms with Crippen molar-refractivity contribution in [3.8, 4) is 33.4 Å². The van der Waals surface area contributed by atoms with Crippen molar-refractivity contribution in [2.45, 2.75) is 0 Å². The summed E-state index contributed by atoms with van der Waals surface area (Å²) in [6.45, 7) is 0. The number of pyridine rings is 1. The van der Waals surface area contributed by atoms with Crippen LogP contribution in [0.4, 0.5) is 0 Å². The van der Waals surface area contributed by atoms with Gasteiger partial charge in [-0.1, -0.05) is 140 Å². The van der Waals surface area contributed by atoms with Crippen molar-refractivity contribution in [2.24, 2.45) is 0 Å². The Morgan fingerprint density at radius 3 is 1.40 bits per heavy atom. The fraction of sp³-hybridized carbons (Fsp3) is 0. The van der Waals surface area contributed by atoms with E-state index in [1.54, 1.807) is 0 Å². The van der Waals surface area contributed by atoms with Crippen LogP contribution in [0.1, 0.15) is 0 Å². The van der Waals surface area contributed by atoms with E-state index in [2.05, 4.69) is 152 Å². The molecule has 2 heteroatoms. The zero-order chi connectivity index (χ0) is 28.3. The number of para-hydroxylation sites is 1. The number of fused-ring (bicyclic) bond motifs is 6. The highest BCUT2D eigenvalue weighted by atomic mass is 32.1. The Kier molecular flexibility index (Phi) is 5.44. The number of thiophene rings is 1. The smallest absolute Gasteiger partial charge is 0.0902 e. The maximum Gasteiger partial charge on any atom is 0.0902 e. The van der Waals surface area contributed by atoms with Crippen LogP contribution in [0.2, 0.25) is 0 Å². The highest BCUT2D eigenvalue weighted by Crippen LogP contribution is 2.46. The van der Waals surface area contributed by atoms with Gasteiger partial charge in [-0.15, -0.1) is 11.3 Å². The van der Waals surface area contributed by atoms with Gasteiger partial charge in [0.05, 0.1) is 15.7 Å². The van der Waals surface area contributed by atoms with Crippen LogP contribution in [-0.4, -0.2) is 4.98 Å². The molecule has 1 nitrogen and oxygen atoms in total. The highest BCUT2D eigenvalue weighted by molar-refractivity contribution is 7.26. The third kappa shape index (κ3) is 3.74. The predicted molar refractivity (Wildman–Crippen MR) is 186 cm³/mol. The number of aromatic nitrogens is 1. The van der Waals surface area contributed by atoms with Crippen LogP contribution < -0.4 is 0 Å². The molecule has 0 radical (unpaired) electrons. The van der Waals surface area contributed by atoms with Gasteiger partial charge in [-0.3, -0.25) is 0 Å². The monoisotopic (exact) mass is 563 g/mol. The van der Waals surface area contributed by atoms with Crippen molar-refractivity contribution < 1.29 is 0 Å². The maximum absolute atomic E-state index is 5.13. The van der Waals surface area contributed by atoms with Gasteiger partial charge in [0.25, 0.3) is 0 Å². The third-order valence-corrected chi connectivity index (χ3v) is 9.84. The lowest BCUT2D eigenvalue weighted by atomic mass is 9.85. The van der Waals surface area contributed by atoms with E-state index in [9.17, 15) is 0 Å². The van der Waals surface area contributed by atoms with Crippen LogP contribution in [0.15, 0.2) is 152 Å². The minimum atomic E-state index is 1.03. The second-order valence-corrected chi connectivity index (χ2v) is 12.1. The molecule has 2 aromatic heterocycles. The van der Waals surface area contributed by atoms with E-state index >= 15 is 0 Å². The van der Waals surface area contributed by atoms with Gasteiger partial charge in [0.1, 0.15) is 0 Å². The molecule has 9 aromatic rings. The first-order chi connectivity index (χ1) is 21.3. The van der Waals surface area contributed by atoms with Crippen molar-refractivity contribution in [1.29, 1.82) is 0 Å². The molecular formula is C41H25NS. The standard InChI is InChI=1S/C41H25NS/c1-2-12-26(13-3-1)37-29-14-4-6-16-31(29)38(32-17-7-5-15-30(32)37)27-22-24-28(25-23-27)39-33-18-8-10-20-35(33)42-40-34-19-9-11-21-36(34)43-41(39)40/h1-25H. The van der Waals surface area contributed by atoms with Gasteiger partial charge >= 0.3 is 0 Å². The molecule has 0 aliphatic rings. The van der Waals surface area contributed by atoms with Crippen LogP contribution in [0.25, 0.3) is 86.1 Å². The second-order valence-electron chi connectivity index (χ2n) is 11.1. The van der Waals surface area contributed by atoms with Gasteiger partial charge < -0.3 is 0 Å². The van der Waals surface area contributed by atoms with Gasteiger partial charge in [-0.25, -0.2) is 4.98 Å².